The summed E-state index contributed by atoms with van der Waals surface area (Å²) in [6.07, 6.45) is -0.381. The summed E-state index contributed by atoms with van der Waals surface area (Å²) in [5, 5.41) is 13.4. The van der Waals surface area contributed by atoms with Gasteiger partial charge in [-0.05, 0) is 33.9 Å². The molecule has 2 N–H and O–H groups in total. The average Bonchev–Trinajstić information content (AvgIpc) is 2.36. The molecule has 20 heavy (non-hydrogen) atoms. The molecular formula is C16H28N2O2. The van der Waals surface area contributed by atoms with Gasteiger partial charge in [-0.1, -0.05) is 18.2 Å². The first-order valence-corrected chi connectivity index (χ1v) is 7.05. The lowest BCUT2D eigenvalue weighted by Gasteiger charge is -2.26. The molecule has 4 nitrogen and oxygen atoms in total. The van der Waals surface area contributed by atoms with E-state index in [0.29, 0.717) is 13.1 Å². The Morgan fingerprint density at radius 2 is 1.95 bits per heavy atom. The molecule has 114 valence electrons. The SMILES string of the molecule is COc1ccccc1CN(C)CC(O)CNC(C)(C)C. The highest BCUT2D eigenvalue weighted by Crippen LogP contribution is 2.18. The van der Waals surface area contributed by atoms with E-state index >= 15 is 0 Å². The predicted molar refractivity (Wildman–Crippen MR) is 83.1 cm³/mol. The van der Waals surface area contributed by atoms with Gasteiger partial charge in [-0.15, -0.1) is 0 Å². The average molecular weight is 280 g/mol. The van der Waals surface area contributed by atoms with E-state index in [1.807, 2.05) is 25.2 Å². The molecule has 0 radical (unpaired) electrons. The molecule has 4 heteroatoms. The van der Waals surface area contributed by atoms with Crippen LogP contribution in [0.5, 0.6) is 5.75 Å². The van der Waals surface area contributed by atoms with Gasteiger partial charge in [0.25, 0.3) is 0 Å². The first kappa shape index (κ1) is 17.0. The number of rotatable bonds is 7. The maximum Gasteiger partial charge on any atom is 0.123 e. The first-order chi connectivity index (χ1) is 9.31. The van der Waals surface area contributed by atoms with Crippen LogP contribution in [-0.4, -0.2) is 48.9 Å². The van der Waals surface area contributed by atoms with Crippen molar-refractivity contribution in [3.8, 4) is 5.75 Å². The molecule has 1 aromatic carbocycles. The molecule has 0 aliphatic rings. The fourth-order valence-corrected chi connectivity index (χ4v) is 2.04. The molecule has 0 bridgehead atoms. The Morgan fingerprint density at radius 3 is 2.55 bits per heavy atom. The first-order valence-electron chi connectivity index (χ1n) is 7.05. The third kappa shape index (κ3) is 6.37. The molecule has 0 spiro atoms. The van der Waals surface area contributed by atoms with Crippen molar-refractivity contribution in [3.63, 3.8) is 0 Å². The molecule has 0 fully saturated rings. The standard InChI is InChI=1S/C16H28N2O2/c1-16(2,3)17-10-14(19)12-18(4)11-13-8-6-7-9-15(13)20-5/h6-9,14,17,19H,10-12H2,1-5H3. The maximum absolute atomic E-state index is 10.1. The van der Waals surface area contributed by atoms with E-state index in [-0.39, 0.29) is 11.6 Å². The molecule has 1 atom stereocenters. The molecule has 1 rings (SSSR count). The number of β-amino-alcohol motifs (C(OH)–C–C–N with tert-alkyl or cyclic N) is 1. The number of aliphatic hydroxyl groups excluding tert-OH is 1. The van der Waals surface area contributed by atoms with Crippen LogP contribution in [0.15, 0.2) is 24.3 Å². The third-order valence-electron chi connectivity index (χ3n) is 3.02. The number of hydrogen-bond donors (Lipinski definition) is 2. The van der Waals surface area contributed by atoms with Crippen LogP contribution in [0.3, 0.4) is 0 Å². The normalized spacial score (nSPS) is 13.6. The van der Waals surface area contributed by atoms with E-state index in [1.165, 1.54) is 0 Å². The largest absolute Gasteiger partial charge is 0.496 e. The van der Waals surface area contributed by atoms with Gasteiger partial charge in [0, 0.05) is 30.7 Å². The van der Waals surface area contributed by atoms with Crippen molar-refractivity contribution in [2.75, 3.05) is 27.2 Å². The molecule has 1 unspecified atom stereocenters. The van der Waals surface area contributed by atoms with Crippen LogP contribution in [0.25, 0.3) is 0 Å². The zero-order chi connectivity index (χ0) is 15.2. The maximum atomic E-state index is 10.1. The minimum atomic E-state index is -0.381. The van der Waals surface area contributed by atoms with Gasteiger partial charge in [0.05, 0.1) is 13.2 Å². The fraction of sp³-hybridized carbons (Fsp3) is 0.625. The smallest absolute Gasteiger partial charge is 0.123 e. The number of ether oxygens (including phenoxy) is 1. The number of nitrogens with zero attached hydrogens (tertiary/aromatic N) is 1. The summed E-state index contributed by atoms with van der Waals surface area (Å²) in [5.74, 6) is 0.890. The highest BCUT2D eigenvalue weighted by Gasteiger charge is 2.14. The van der Waals surface area contributed by atoms with Crippen molar-refractivity contribution in [2.24, 2.45) is 0 Å². The summed E-state index contributed by atoms with van der Waals surface area (Å²) >= 11 is 0. The van der Waals surface area contributed by atoms with E-state index in [0.717, 1.165) is 17.9 Å². The molecule has 0 amide bonds. The van der Waals surface area contributed by atoms with Crippen LogP contribution < -0.4 is 10.1 Å². The summed E-state index contributed by atoms with van der Waals surface area (Å²) in [6.45, 7) is 8.27. The number of likely N-dealkylation sites (N-methyl/N-ethyl adjacent to an activating group) is 1. The topological polar surface area (TPSA) is 44.7 Å². The number of nitrogens with one attached hydrogen (secondary N) is 1. The Bertz CT molecular complexity index is 402. The number of benzene rings is 1. The molecule has 1 aromatic rings. The van der Waals surface area contributed by atoms with Gasteiger partial charge in [-0.2, -0.15) is 0 Å². The Kier molecular flexibility index (Phi) is 6.46. The van der Waals surface area contributed by atoms with Gasteiger partial charge in [0.1, 0.15) is 5.75 Å². The highest BCUT2D eigenvalue weighted by atomic mass is 16.5. The molecule has 0 aliphatic heterocycles. The lowest BCUT2D eigenvalue weighted by atomic mass is 10.1. The summed E-state index contributed by atoms with van der Waals surface area (Å²) in [6, 6.07) is 7.98. The van der Waals surface area contributed by atoms with Crippen LogP contribution in [0.2, 0.25) is 0 Å². The summed E-state index contributed by atoms with van der Waals surface area (Å²) in [5.41, 5.74) is 1.16. The van der Waals surface area contributed by atoms with E-state index in [4.69, 9.17) is 4.74 Å². The summed E-state index contributed by atoms with van der Waals surface area (Å²) < 4.78 is 5.34. The van der Waals surface area contributed by atoms with Crippen molar-refractivity contribution in [2.45, 2.75) is 39.0 Å². The van der Waals surface area contributed by atoms with Crippen molar-refractivity contribution in [1.82, 2.24) is 10.2 Å². The number of para-hydroxylation sites is 1. The molecule has 0 aromatic heterocycles. The van der Waals surface area contributed by atoms with Gasteiger partial charge in [0.2, 0.25) is 0 Å². The Morgan fingerprint density at radius 1 is 1.30 bits per heavy atom. The van der Waals surface area contributed by atoms with Crippen LogP contribution in [0, 0.1) is 0 Å². The molecule has 0 saturated heterocycles. The summed E-state index contributed by atoms with van der Waals surface area (Å²) in [4.78, 5) is 2.10. The molecule has 0 heterocycles. The minimum absolute atomic E-state index is 0.0300. The van der Waals surface area contributed by atoms with Gasteiger partial charge in [0.15, 0.2) is 0 Å². The van der Waals surface area contributed by atoms with Crippen LogP contribution >= 0.6 is 0 Å². The monoisotopic (exact) mass is 280 g/mol. The van der Waals surface area contributed by atoms with Crippen LogP contribution in [0.1, 0.15) is 26.3 Å². The van der Waals surface area contributed by atoms with Gasteiger partial charge < -0.3 is 15.2 Å². The van der Waals surface area contributed by atoms with E-state index < -0.39 is 0 Å². The van der Waals surface area contributed by atoms with Gasteiger partial charge in [-0.25, -0.2) is 0 Å². The van der Waals surface area contributed by atoms with Crippen molar-refractivity contribution in [3.05, 3.63) is 29.8 Å². The molecule has 0 saturated carbocycles. The van der Waals surface area contributed by atoms with Crippen molar-refractivity contribution in [1.29, 1.82) is 0 Å². The van der Waals surface area contributed by atoms with Crippen molar-refractivity contribution >= 4 is 0 Å². The lowest BCUT2D eigenvalue weighted by Crippen LogP contribution is -2.44. The van der Waals surface area contributed by atoms with Gasteiger partial charge in [-0.3, -0.25) is 4.90 Å². The quantitative estimate of drug-likeness (QED) is 0.800. The van der Waals surface area contributed by atoms with Crippen molar-refractivity contribution < 1.29 is 9.84 Å². The zero-order valence-corrected chi connectivity index (χ0v) is 13.3. The van der Waals surface area contributed by atoms with Gasteiger partial charge >= 0.3 is 0 Å². The van der Waals surface area contributed by atoms with E-state index in [2.05, 4.69) is 37.1 Å². The molecular weight excluding hydrogens is 252 g/mol. The summed E-state index contributed by atoms with van der Waals surface area (Å²) in [7, 11) is 3.69. The number of aliphatic hydroxyl groups is 1. The Labute approximate surface area is 122 Å². The number of methoxy groups -OCH3 is 1. The lowest BCUT2D eigenvalue weighted by molar-refractivity contribution is 0.114. The fourth-order valence-electron chi connectivity index (χ4n) is 2.04. The van der Waals surface area contributed by atoms with E-state index in [1.54, 1.807) is 7.11 Å². The Balaban J connectivity index is 2.45. The van der Waals surface area contributed by atoms with Crippen LogP contribution in [-0.2, 0) is 6.54 Å². The minimum Gasteiger partial charge on any atom is -0.496 e. The van der Waals surface area contributed by atoms with Crippen LogP contribution in [0.4, 0.5) is 0 Å². The van der Waals surface area contributed by atoms with E-state index in [9.17, 15) is 5.11 Å². The highest BCUT2D eigenvalue weighted by molar-refractivity contribution is 5.32. The number of hydrogen-bond acceptors (Lipinski definition) is 4. The second kappa shape index (κ2) is 7.62. The third-order valence-corrected chi connectivity index (χ3v) is 3.02. The Hall–Kier alpha value is -1.10. The second-order valence-electron chi connectivity index (χ2n) is 6.29. The molecule has 0 aliphatic carbocycles. The second-order valence-corrected chi connectivity index (χ2v) is 6.29. The predicted octanol–water partition coefficient (Wildman–Crippen LogP) is 1.88. The zero-order valence-electron chi connectivity index (χ0n) is 13.3.